The highest BCUT2D eigenvalue weighted by atomic mass is 16.8. The molecule has 18 heavy (non-hydrogen) atoms. The van der Waals surface area contributed by atoms with Crippen LogP contribution in [0.15, 0.2) is 5.11 Å². The van der Waals surface area contributed by atoms with Gasteiger partial charge in [-0.05, 0) is 19.4 Å². The quantitative estimate of drug-likeness (QED) is 0.326. The van der Waals surface area contributed by atoms with Crippen molar-refractivity contribution in [2.45, 2.75) is 51.1 Å². The third-order valence-corrected chi connectivity index (χ3v) is 2.74. The van der Waals surface area contributed by atoms with Crippen molar-refractivity contribution in [3.63, 3.8) is 0 Å². The zero-order valence-electron chi connectivity index (χ0n) is 10.4. The van der Waals surface area contributed by atoms with E-state index in [0.29, 0.717) is 0 Å². The van der Waals surface area contributed by atoms with Crippen molar-refractivity contribution in [1.29, 1.82) is 0 Å². The molecule has 0 aromatic carbocycles. The second-order valence-electron chi connectivity index (χ2n) is 4.64. The Morgan fingerprint density at radius 1 is 1.44 bits per heavy atom. The van der Waals surface area contributed by atoms with E-state index in [9.17, 15) is 4.79 Å². The first kappa shape index (κ1) is 13.1. The van der Waals surface area contributed by atoms with Crippen molar-refractivity contribution in [3.8, 4) is 0 Å². The van der Waals surface area contributed by atoms with Crippen molar-refractivity contribution >= 4 is 5.97 Å². The summed E-state index contributed by atoms with van der Waals surface area (Å²) in [7, 11) is 0. The topological polar surface area (TPSA) is 103 Å². The van der Waals surface area contributed by atoms with E-state index in [4.69, 9.17) is 24.5 Å². The molecule has 0 aromatic rings. The predicted octanol–water partition coefficient (Wildman–Crippen LogP) is 1.10. The predicted molar refractivity (Wildman–Crippen MR) is 58.3 cm³/mol. The van der Waals surface area contributed by atoms with Gasteiger partial charge in [-0.15, -0.1) is 0 Å². The van der Waals surface area contributed by atoms with Crippen molar-refractivity contribution in [1.82, 2.24) is 0 Å². The molecule has 4 atom stereocenters. The van der Waals surface area contributed by atoms with E-state index in [2.05, 4.69) is 10.0 Å². The molecular formula is C10H15N3O5. The molecule has 0 aliphatic carbocycles. The molecule has 1 unspecified atom stereocenters. The Kier molecular flexibility index (Phi) is 3.45. The Morgan fingerprint density at radius 2 is 2.11 bits per heavy atom. The minimum Gasteiger partial charge on any atom is -0.463 e. The van der Waals surface area contributed by atoms with Crippen LogP contribution >= 0.6 is 0 Å². The standard InChI is InChI=1S/C10H15N3O5/c1-5(14)15-4-6-7-8(9(16-6)12-13-11)18-10(2,3)17-7/h6-9H,4H2,1-3H3/t6-,7-,8?,9-/m1/s1. The molecular weight excluding hydrogens is 242 g/mol. The lowest BCUT2D eigenvalue weighted by atomic mass is 10.1. The van der Waals surface area contributed by atoms with Gasteiger partial charge in [-0.2, -0.15) is 0 Å². The summed E-state index contributed by atoms with van der Waals surface area (Å²) in [6.45, 7) is 4.89. The molecule has 2 aliphatic heterocycles. The molecule has 2 aliphatic rings. The molecule has 0 amide bonds. The molecule has 2 saturated heterocycles. The SMILES string of the molecule is CC(=O)OC[C@H]1O[C@@H](N=[N+]=[N-])C2OC(C)(C)O[C@@H]21. The maximum atomic E-state index is 10.8. The van der Waals surface area contributed by atoms with Gasteiger partial charge < -0.3 is 18.9 Å². The molecule has 2 rings (SSSR count). The monoisotopic (exact) mass is 257 g/mol. The first-order valence-electron chi connectivity index (χ1n) is 5.61. The molecule has 8 nitrogen and oxygen atoms in total. The summed E-state index contributed by atoms with van der Waals surface area (Å²) in [5, 5.41) is 3.52. The molecule has 0 spiro atoms. The van der Waals surface area contributed by atoms with Gasteiger partial charge in [-0.1, -0.05) is 5.11 Å². The van der Waals surface area contributed by atoms with Crippen LogP contribution in [0.5, 0.6) is 0 Å². The van der Waals surface area contributed by atoms with E-state index >= 15 is 0 Å². The minimum absolute atomic E-state index is 0.0490. The van der Waals surface area contributed by atoms with Gasteiger partial charge in [0.1, 0.15) is 24.9 Å². The van der Waals surface area contributed by atoms with Crippen LogP contribution in [0.3, 0.4) is 0 Å². The van der Waals surface area contributed by atoms with Gasteiger partial charge in [0.25, 0.3) is 0 Å². The number of esters is 1. The van der Waals surface area contributed by atoms with Crippen LogP contribution in [0.25, 0.3) is 10.4 Å². The highest BCUT2D eigenvalue weighted by molar-refractivity contribution is 5.65. The van der Waals surface area contributed by atoms with Gasteiger partial charge in [-0.3, -0.25) is 4.79 Å². The van der Waals surface area contributed by atoms with Crippen LogP contribution < -0.4 is 0 Å². The van der Waals surface area contributed by atoms with Crippen molar-refractivity contribution in [2.75, 3.05) is 6.61 Å². The molecule has 0 bridgehead atoms. The van der Waals surface area contributed by atoms with Crippen LogP contribution in [0.4, 0.5) is 0 Å². The van der Waals surface area contributed by atoms with Crippen molar-refractivity contribution in [2.24, 2.45) is 5.11 Å². The number of rotatable bonds is 3. The smallest absolute Gasteiger partial charge is 0.302 e. The fourth-order valence-corrected chi connectivity index (χ4v) is 2.14. The summed E-state index contributed by atoms with van der Waals surface area (Å²) in [5.74, 6) is -1.17. The van der Waals surface area contributed by atoms with Crippen LogP contribution in [-0.2, 0) is 23.7 Å². The Hall–Kier alpha value is -1.34. The Balaban J connectivity index is 2.09. The summed E-state index contributed by atoms with van der Waals surface area (Å²) < 4.78 is 21.7. The number of hydrogen-bond donors (Lipinski definition) is 0. The Morgan fingerprint density at radius 3 is 2.72 bits per heavy atom. The molecule has 0 saturated carbocycles. The molecule has 8 heteroatoms. The normalized spacial score (nSPS) is 36.8. The number of ether oxygens (including phenoxy) is 4. The van der Waals surface area contributed by atoms with E-state index in [1.165, 1.54) is 6.92 Å². The molecule has 2 heterocycles. The minimum atomic E-state index is -0.767. The number of carbonyl (C=O) groups is 1. The number of fused-ring (bicyclic) bond motifs is 1. The summed E-state index contributed by atoms with van der Waals surface area (Å²) in [6, 6.07) is 0. The Bertz CT molecular complexity index is 393. The van der Waals surface area contributed by atoms with E-state index in [1.807, 2.05) is 0 Å². The average Bonchev–Trinajstić information content (AvgIpc) is 2.71. The van der Waals surface area contributed by atoms with Crippen molar-refractivity contribution < 1.29 is 23.7 Å². The number of carbonyl (C=O) groups excluding carboxylic acids is 1. The fraction of sp³-hybridized carbons (Fsp3) is 0.900. The second-order valence-corrected chi connectivity index (χ2v) is 4.64. The first-order chi connectivity index (χ1) is 8.43. The van der Waals surface area contributed by atoms with E-state index in [-0.39, 0.29) is 6.61 Å². The van der Waals surface area contributed by atoms with Gasteiger partial charge in [0.2, 0.25) is 0 Å². The third-order valence-electron chi connectivity index (χ3n) is 2.74. The third kappa shape index (κ3) is 2.56. The zero-order chi connectivity index (χ0) is 13.3. The van der Waals surface area contributed by atoms with Crippen LogP contribution in [0.1, 0.15) is 20.8 Å². The van der Waals surface area contributed by atoms with Gasteiger partial charge in [0.15, 0.2) is 12.0 Å². The second kappa shape index (κ2) is 4.74. The van der Waals surface area contributed by atoms with Crippen LogP contribution in [0.2, 0.25) is 0 Å². The van der Waals surface area contributed by atoms with E-state index < -0.39 is 36.3 Å². The maximum absolute atomic E-state index is 10.8. The lowest BCUT2D eigenvalue weighted by Crippen LogP contribution is -2.33. The van der Waals surface area contributed by atoms with E-state index in [0.717, 1.165) is 0 Å². The summed E-state index contributed by atoms with van der Waals surface area (Å²) in [5.41, 5.74) is 8.48. The Labute approximate surface area is 104 Å². The zero-order valence-corrected chi connectivity index (χ0v) is 10.4. The van der Waals surface area contributed by atoms with Crippen LogP contribution in [-0.4, -0.2) is 42.9 Å². The highest BCUT2D eigenvalue weighted by Gasteiger charge is 2.55. The lowest BCUT2D eigenvalue weighted by molar-refractivity contribution is -0.191. The van der Waals surface area contributed by atoms with Gasteiger partial charge in [-0.25, -0.2) is 0 Å². The van der Waals surface area contributed by atoms with Crippen molar-refractivity contribution in [3.05, 3.63) is 10.4 Å². The van der Waals surface area contributed by atoms with Gasteiger partial charge in [0, 0.05) is 11.8 Å². The lowest BCUT2D eigenvalue weighted by Gasteiger charge is -2.22. The number of nitrogens with zero attached hydrogens (tertiary/aromatic N) is 3. The van der Waals surface area contributed by atoms with Gasteiger partial charge in [0.05, 0.1) is 0 Å². The van der Waals surface area contributed by atoms with Crippen LogP contribution in [0, 0.1) is 0 Å². The highest BCUT2D eigenvalue weighted by Crippen LogP contribution is 2.39. The summed E-state index contributed by atoms with van der Waals surface area (Å²) >= 11 is 0. The fourth-order valence-electron chi connectivity index (χ4n) is 2.14. The summed E-state index contributed by atoms with van der Waals surface area (Å²) in [4.78, 5) is 13.5. The van der Waals surface area contributed by atoms with E-state index in [1.54, 1.807) is 13.8 Å². The summed E-state index contributed by atoms with van der Waals surface area (Å²) in [6.07, 6.45) is -2.13. The van der Waals surface area contributed by atoms with Gasteiger partial charge >= 0.3 is 5.97 Å². The maximum Gasteiger partial charge on any atom is 0.302 e. The molecule has 0 radical (unpaired) electrons. The molecule has 100 valence electrons. The molecule has 2 fully saturated rings. The molecule has 0 aromatic heterocycles. The number of azide groups is 1. The largest absolute Gasteiger partial charge is 0.463 e. The first-order valence-corrected chi connectivity index (χ1v) is 5.61. The average molecular weight is 257 g/mol. The molecule has 0 N–H and O–H groups in total. The number of hydrogen-bond acceptors (Lipinski definition) is 6.